The molecule has 0 aromatic heterocycles. The van der Waals surface area contributed by atoms with Crippen molar-refractivity contribution in [3.63, 3.8) is 0 Å². The number of nitrogens with zero attached hydrogens (tertiary/aromatic N) is 3. The molecule has 2 aliphatic heterocycles. The fraction of sp³-hybridized carbons (Fsp3) is 0.341. The maximum absolute atomic E-state index is 2.64. The Morgan fingerprint density at radius 3 is 0.860 bits per heavy atom. The third-order valence-electron chi connectivity index (χ3n) is 18.4. The normalized spacial score (nSPS) is 13.8. The van der Waals surface area contributed by atoms with Crippen molar-refractivity contribution < 1.29 is 0 Å². The Morgan fingerprint density at radius 2 is 0.535 bits per heavy atom. The van der Waals surface area contributed by atoms with E-state index in [9.17, 15) is 0 Å². The summed E-state index contributed by atoms with van der Waals surface area (Å²) < 4.78 is 0. The Kier molecular flexibility index (Phi) is 14.8. The van der Waals surface area contributed by atoms with Crippen LogP contribution in [-0.2, 0) is 37.9 Å². The van der Waals surface area contributed by atoms with E-state index in [1.54, 1.807) is 0 Å². The van der Waals surface area contributed by atoms with Gasteiger partial charge in [0.05, 0.1) is 5.69 Å². The third-order valence-corrected chi connectivity index (χ3v) is 18.4. The van der Waals surface area contributed by atoms with Gasteiger partial charge in [-0.05, 0) is 194 Å². The van der Waals surface area contributed by atoms with E-state index in [2.05, 4.69) is 348 Å². The van der Waals surface area contributed by atoms with Crippen LogP contribution in [0.3, 0.4) is 0 Å². The van der Waals surface area contributed by atoms with E-state index in [1.165, 1.54) is 100 Å². The lowest BCUT2D eigenvalue weighted by Gasteiger charge is -2.45. The molecule has 440 valence electrons. The third kappa shape index (κ3) is 11.5. The first-order chi connectivity index (χ1) is 40.0. The molecule has 0 spiro atoms. The highest BCUT2D eigenvalue weighted by molar-refractivity contribution is 7.00. The Morgan fingerprint density at radius 1 is 0.244 bits per heavy atom. The summed E-state index contributed by atoms with van der Waals surface area (Å²) in [7, 11) is 0. The molecule has 9 aromatic rings. The number of rotatable bonds is 7. The lowest BCUT2D eigenvalue weighted by molar-refractivity contribution is 0.590. The van der Waals surface area contributed by atoms with Crippen molar-refractivity contribution in [2.24, 2.45) is 0 Å². The van der Waals surface area contributed by atoms with Crippen LogP contribution in [0.4, 0.5) is 51.2 Å². The molecule has 0 bridgehead atoms. The van der Waals surface area contributed by atoms with E-state index in [0.29, 0.717) is 0 Å². The van der Waals surface area contributed by atoms with Crippen molar-refractivity contribution in [3.8, 4) is 22.3 Å². The molecule has 0 aliphatic carbocycles. The number of hydrogen-bond acceptors (Lipinski definition) is 3. The number of benzene rings is 9. The number of fused-ring (bicyclic) bond motifs is 4. The topological polar surface area (TPSA) is 9.72 Å². The van der Waals surface area contributed by atoms with E-state index in [-0.39, 0.29) is 44.6 Å². The molecule has 4 heteroatoms. The summed E-state index contributed by atoms with van der Waals surface area (Å²) in [5, 5.41) is 0. The van der Waals surface area contributed by atoms with Gasteiger partial charge in [0.25, 0.3) is 6.71 Å². The van der Waals surface area contributed by atoms with Crippen LogP contribution in [-0.4, -0.2) is 6.71 Å². The molecule has 0 radical (unpaired) electrons. The predicted octanol–water partition coefficient (Wildman–Crippen LogP) is 21.7. The Labute approximate surface area is 518 Å². The summed E-state index contributed by atoms with van der Waals surface area (Å²) in [6.45, 7) is 48.6. The molecular formula is C82H94BN3. The SMILES string of the molecule is CC(C)(C)c1ccc(-c2cc(-c3ccc(C(C)(C)C)cc3)cc(N3c4ccc(C(C)(C)C)cc4B4c5cc(C(C)(C)C)ccc5N(c5ccc(C(C)(C)C)cc5)c5cc(N(c6ccc(C(C)(C)C)cc6)c6ccc(C(C)(C)C)cc6)cc3c54)c2)cc1. The van der Waals surface area contributed by atoms with Crippen LogP contribution in [0.25, 0.3) is 22.3 Å². The molecule has 2 heterocycles. The summed E-state index contributed by atoms with van der Waals surface area (Å²) in [6, 6.07) is 74.0. The Balaban J connectivity index is 1.29. The molecular weight excluding hydrogens is 1040 g/mol. The van der Waals surface area contributed by atoms with E-state index in [0.717, 1.165) is 28.4 Å². The molecule has 0 atom stereocenters. The fourth-order valence-corrected chi connectivity index (χ4v) is 12.8. The lowest BCUT2D eigenvalue weighted by Crippen LogP contribution is -2.61. The lowest BCUT2D eigenvalue weighted by atomic mass is 9.33. The van der Waals surface area contributed by atoms with Crippen LogP contribution in [0.5, 0.6) is 0 Å². The van der Waals surface area contributed by atoms with Crippen molar-refractivity contribution >= 4 is 74.3 Å². The van der Waals surface area contributed by atoms with Gasteiger partial charge < -0.3 is 14.7 Å². The summed E-state index contributed by atoms with van der Waals surface area (Å²) in [6.07, 6.45) is 0. The molecule has 0 fully saturated rings. The standard InChI is InChI=1S/C82H94BN3/c1-76(2,3)57-26-22-53(23-27-57)55-46-56(54-24-28-58(29-25-54)77(4,5)6)48-67(47-55)86-72-45-37-63(82(19,20)21)50-70(72)83-69-49-62(81(16,17)18)36-44-71(69)85(66-42-34-61(35-43-66)80(13,14)15)73-51-68(52-74(86)75(73)83)84(64-38-30-59(31-39-64)78(7,8)9)65-40-32-60(33-41-65)79(10,11)12/h22-52H,1-21H3. The van der Waals surface area contributed by atoms with Crippen molar-refractivity contribution in [1.29, 1.82) is 0 Å². The van der Waals surface area contributed by atoms with Crippen LogP contribution < -0.4 is 31.1 Å². The Hall–Kier alpha value is -7.56. The smallest absolute Gasteiger partial charge is 0.252 e. The number of hydrogen-bond donors (Lipinski definition) is 0. The van der Waals surface area contributed by atoms with Crippen LogP contribution in [0.2, 0.25) is 0 Å². The second-order valence-corrected chi connectivity index (χ2v) is 32.2. The summed E-state index contributed by atoms with van der Waals surface area (Å²) in [5.41, 5.74) is 28.0. The highest BCUT2D eigenvalue weighted by Crippen LogP contribution is 2.51. The first-order valence-electron chi connectivity index (χ1n) is 31.6. The van der Waals surface area contributed by atoms with Gasteiger partial charge in [0.15, 0.2) is 0 Å². The minimum absolute atomic E-state index is 0.0105. The van der Waals surface area contributed by atoms with Gasteiger partial charge in [-0.2, -0.15) is 0 Å². The van der Waals surface area contributed by atoms with Crippen molar-refractivity contribution in [1.82, 2.24) is 0 Å². The summed E-state index contributed by atoms with van der Waals surface area (Å²) in [5.74, 6) is 0. The first-order valence-corrected chi connectivity index (χ1v) is 31.6. The molecule has 3 nitrogen and oxygen atoms in total. The molecule has 0 saturated carbocycles. The zero-order valence-electron chi connectivity index (χ0n) is 55.8. The van der Waals surface area contributed by atoms with Gasteiger partial charge in [0.2, 0.25) is 0 Å². The summed E-state index contributed by atoms with van der Waals surface area (Å²) >= 11 is 0. The highest BCUT2D eigenvalue weighted by atomic mass is 15.2. The van der Waals surface area contributed by atoms with Gasteiger partial charge in [-0.25, -0.2) is 0 Å². The second-order valence-electron chi connectivity index (χ2n) is 32.2. The molecule has 86 heavy (non-hydrogen) atoms. The molecule has 0 N–H and O–H groups in total. The Bertz CT molecular complexity index is 3850. The van der Waals surface area contributed by atoms with Gasteiger partial charge in [0.1, 0.15) is 0 Å². The molecule has 11 rings (SSSR count). The largest absolute Gasteiger partial charge is 0.311 e. The molecule has 0 amide bonds. The maximum atomic E-state index is 2.64. The van der Waals surface area contributed by atoms with Crippen molar-refractivity contribution in [2.75, 3.05) is 14.7 Å². The quantitative estimate of drug-likeness (QED) is 0.147. The van der Waals surface area contributed by atoms with Gasteiger partial charge in [-0.15, -0.1) is 0 Å². The van der Waals surface area contributed by atoms with Gasteiger partial charge in [0, 0.05) is 45.5 Å². The van der Waals surface area contributed by atoms with Crippen LogP contribution in [0.1, 0.15) is 184 Å². The second kappa shape index (κ2) is 21.1. The summed E-state index contributed by atoms with van der Waals surface area (Å²) in [4.78, 5) is 7.75. The monoisotopic (exact) mass is 1130 g/mol. The number of anilines is 9. The van der Waals surface area contributed by atoms with Gasteiger partial charge in [-0.3, -0.25) is 0 Å². The van der Waals surface area contributed by atoms with Crippen LogP contribution in [0.15, 0.2) is 188 Å². The zero-order chi connectivity index (χ0) is 62.0. The molecule has 0 unspecified atom stereocenters. The predicted molar refractivity (Wildman–Crippen MR) is 377 cm³/mol. The van der Waals surface area contributed by atoms with Gasteiger partial charge >= 0.3 is 0 Å². The minimum Gasteiger partial charge on any atom is -0.311 e. The first kappa shape index (κ1) is 60.1. The van der Waals surface area contributed by atoms with E-state index in [4.69, 9.17) is 0 Å². The maximum Gasteiger partial charge on any atom is 0.252 e. The fourth-order valence-electron chi connectivity index (χ4n) is 12.8. The molecule has 9 aromatic carbocycles. The average molecular weight is 1130 g/mol. The van der Waals surface area contributed by atoms with Crippen LogP contribution >= 0.6 is 0 Å². The van der Waals surface area contributed by atoms with Crippen molar-refractivity contribution in [2.45, 2.75) is 183 Å². The minimum atomic E-state index is -0.102. The average Bonchev–Trinajstić information content (AvgIpc) is 0.709. The molecule has 2 aliphatic rings. The van der Waals surface area contributed by atoms with Crippen LogP contribution in [0, 0.1) is 0 Å². The zero-order valence-corrected chi connectivity index (χ0v) is 55.8. The van der Waals surface area contributed by atoms with E-state index < -0.39 is 0 Å². The highest BCUT2D eigenvalue weighted by Gasteiger charge is 2.45. The van der Waals surface area contributed by atoms with E-state index >= 15 is 0 Å². The van der Waals surface area contributed by atoms with E-state index in [1.807, 2.05) is 0 Å². The van der Waals surface area contributed by atoms with Gasteiger partial charge in [-0.1, -0.05) is 255 Å². The van der Waals surface area contributed by atoms with Crippen molar-refractivity contribution in [3.05, 3.63) is 227 Å². The molecule has 0 saturated heterocycles.